The van der Waals surface area contributed by atoms with Gasteiger partial charge in [-0.15, -0.1) is 0 Å². The molecule has 3 nitrogen and oxygen atoms in total. The average molecular weight is 230 g/mol. The first-order valence-electron chi connectivity index (χ1n) is 5.58. The normalized spacial score (nSPS) is 9.41. The van der Waals surface area contributed by atoms with Crippen LogP contribution < -0.4 is 11.1 Å². The molecule has 90 valence electrons. The lowest BCUT2D eigenvalue weighted by molar-refractivity contribution is -0.119. The van der Waals surface area contributed by atoms with E-state index >= 15 is 0 Å². The molecule has 17 heavy (non-hydrogen) atoms. The second-order valence-corrected chi connectivity index (χ2v) is 4.06. The molecule has 1 rings (SSSR count). The van der Waals surface area contributed by atoms with Gasteiger partial charge in [0.1, 0.15) is 0 Å². The minimum absolute atomic E-state index is 0.00423. The maximum absolute atomic E-state index is 10.9. The zero-order valence-corrected chi connectivity index (χ0v) is 10.6. The number of carbonyl (C=O) groups is 1. The van der Waals surface area contributed by atoms with E-state index in [4.69, 9.17) is 5.73 Å². The van der Waals surface area contributed by atoms with Gasteiger partial charge in [-0.25, -0.2) is 0 Å². The Morgan fingerprint density at radius 2 is 1.88 bits per heavy atom. The number of carbonyl (C=O) groups excluding carboxylic acids is 1. The Kier molecular flexibility index (Phi) is 4.74. The lowest BCUT2D eigenvalue weighted by Gasteiger charge is -2.04. The zero-order chi connectivity index (χ0) is 12.8. The summed E-state index contributed by atoms with van der Waals surface area (Å²) in [5.41, 5.74) is 9.78. The Balaban J connectivity index is 2.75. The van der Waals surface area contributed by atoms with Crippen LogP contribution in [0.4, 0.5) is 0 Å². The van der Waals surface area contributed by atoms with Crippen LogP contribution >= 0.6 is 0 Å². The Hall–Kier alpha value is -1.79. The van der Waals surface area contributed by atoms with Gasteiger partial charge in [0.05, 0.1) is 13.1 Å². The maximum atomic E-state index is 10.9. The van der Waals surface area contributed by atoms with Crippen molar-refractivity contribution in [3.8, 4) is 11.8 Å². The standard InChI is InChI=1S/C14H18N2O/c1-10-7-11(2)13(12(3)8-10)5-4-6-16-14(17)9-15/h7-8H,6,9,15H2,1-3H3,(H,16,17). The number of nitrogens with one attached hydrogen (secondary N) is 1. The molecule has 0 aromatic heterocycles. The van der Waals surface area contributed by atoms with E-state index in [2.05, 4.69) is 36.2 Å². The topological polar surface area (TPSA) is 55.1 Å². The van der Waals surface area contributed by atoms with Crippen LogP contribution in [0.3, 0.4) is 0 Å². The fourth-order valence-corrected chi connectivity index (χ4v) is 1.72. The Morgan fingerprint density at radius 1 is 1.29 bits per heavy atom. The molecule has 0 saturated heterocycles. The van der Waals surface area contributed by atoms with Crippen molar-refractivity contribution in [2.24, 2.45) is 5.73 Å². The van der Waals surface area contributed by atoms with Gasteiger partial charge in [0.2, 0.25) is 5.91 Å². The van der Waals surface area contributed by atoms with E-state index in [1.54, 1.807) is 0 Å². The van der Waals surface area contributed by atoms with Crippen molar-refractivity contribution in [2.75, 3.05) is 13.1 Å². The number of rotatable bonds is 2. The summed E-state index contributed by atoms with van der Waals surface area (Å²) in [6, 6.07) is 4.21. The second kappa shape index (κ2) is 6.07. The molecule has 0 spiro atoms. The monoisotopic (exact) mass is 230 g/mol. The second-order valence-electron chi connectivity index (χ2n) is 4.06. The van der Waals surface area contributed by atoms with Crippen molar-refractivity contribution >= 4 is 5.91 Å². The van der Waals surface area contributed by atoms with Gasteiger partial charge in [0, 0.05) is 5.56 Å². The molecular formula is C14H18N2O. The Morgan fingerprint density at radius 3 is 2.41 bits per heavy atom. The van der Waals surface area contributed by atoms with Gasteiger partial charge < -0.3 is 11.1 Å². The highest BCUT2D eigenvalue weighted by atomic mass is 16.1. The molecule has 0 heterocycles. The molecule has 0 bridgehead atoms. The molecule has 1 aromatic rings. The first kappa shape index (κ1) is 13.3. The summed E-state index contributed by atoms with van der Waals surface area (Å²) in [6.07, 6.45) is 0. The van der Waals surface area contributed by atoms with Gasteiger partial charge in [-0.2, -0.15) is 0 Å². The molecule has 0 aliphatic rings. The van der Waals surface area contributed by atoms with E-state index in [-0.39, 0.29) is 12.5 Å². The quantitative estimate of drug-likeness (QED) is 0.746. The van der Waals surface area contributed by atoms with Crippen LogP contribution in [-0.4, -0.2) is 19.0 Å². The highest BCUT2D eigenvalue weighted by Gasteiger charge is 2.00. The molecule has 3 N–H and O–H groups in total. The Labute approximate surface area is 102 Å². The fourth-order valence-electron chi connectivity index (χ4n) is 1.72. The van der Waals surface area contributed by atoms with Crippen LogP contribution in [-0.2, 0) is 4.79 Å². The third-order valence-electron chi connectivity index (χ3n) is 2.45. The van der Waals surface area contributed by atoms with Crippen LogP contribution in [0.2, 0.25) is 0 Å². The molecule has 3 heteroatoms. The van der Waals surface area contributed by atoms with E-state index in [0.717, 1.165) is 5.56 Å². The predicted molar refractivity (Wildman–Crippen MR) is 69.6 cm³/mol. The fraction of sp³-hybridized carbons (Fsp3) is 0.357. The number of nitrogens with two attached hydrogens (primary N) is 1. The molecule has 0 aliphatic carbocycles. The van der Waals surface area contributed by atoms with E-state index in [9.17, 15) is 4.79 Å². The first-order valence-corrected chi connectivity index (χ1v) is 5.58. The molecule has 0 radical (unpaired) electrons. The van der Waals surface area contributed by atoms with Crippen molar-refractivity contribution < 1.29 is 4.79 Å². The van der Waals surface area contributed by atoms with Gasteiger partial charge in [0.15, 0.2) is 0 Å². The minimum atomic E-state index is -0.184. The van der Waals surface area contributed by atoms with Crippen LogP contribution in [0.1, 0.15) is 22.3 Å². The van der Waals surface area contributed by atoms with Crippen LogP contribution in [0.15, 0.2) is 12.1 Å². The predicted octanol–water partition coefficient (Wildman–Crippen LogP) is 1.04. The van der Waals surface area contributed by atoms with E-state index < -0.39 is 0 Å². The highest BCUT2D eigenvalue weighted by Crippen LogP contribution is 2.14. The van der Waals surface area contributed by atoms with Crippen LogP contribution in [0.5, 0.6) is 0 Å². The Bertz CT molecular complexity index is 458. The largest absolute Gasteiger partial charge is 0.344 e. The number of amides is 1. The number of benzene rings is 1. The average Bonchev–Trinajstić information content (AvgIpc) is 2.26. The summed E-state index contributed by atoms with van der Waals surface area (Å²) >= 11 is 0. The van der Waals surface area contributed by atoms with Gasteiger partial charge in [-0.1, -0.05) is 29.5 Å². The van der Waals surface area contributed by atoms with Crippen molar-refractivity contribution in [1.82, 2.24) is 5.32 Å². The number of hydrogen-bond acceptors (Lipinski definition) is 2. The zero-order valence-electron chi connectivity index (χ0n) is 10.6. The molecule has 0 unspecified atom stereocenters. The van der Waals surface area contributed by atoms with E-state index in [1.807, 2.05) is 13.8 Å². The van der Waals surface area contributed by atoms with Gasteiger partial charge in [0.25, 0.3) is 0 Å². The summed E-state index contributed by atoms with van der Waals surface area (Å²) in [6.45, 7) is 6.50. The summed E-state index contributed by atoms with van der Waals surface area (Å²) in [5.74, 6) is 5.83. The van der Waals surface area contributed by atoms with Crippen LogP contribution in [0.25, 0.3) is 0 Å². The smallest absolute Gasteiger partial charge is 0.234 e. The molecule has 1 aromatic carbocycles. The maximum Gasteiger partial charge on any atom is 0.234 e. The molecule has 0 aliphatic heterocycles. The summed E-state index contributed by atoms with van der Waals surface area (Å²) in [5, 5.41) is 2.62. The van der Waals surface area contributed by atoms with Gasteiger partial charge in [-0.3, -0.25) is 4.79 Å². The lowest BCUT2D eigenvalue weighted by Crippen LogP contribution is -2.30. The molecule has 0 fully saturated rings. The lowest BCUT2D eigenvalue weighted by atomic mass is 10.0. The number of aryl methyl sites for hydroxylation is 3. The van der Waals surface area contributed by atoms with Crippen molar-refractivity contribution in [2.45, 2.75) is 20.8 Å². The third-order valence-corrected chi connectivity index (χ3v) is 2.45. The molecule has 1 amide bonds. The minimum Gasteiger partial charge on any atom is -0.344 e. The molecule has 0 saturated carbocycles. The van der Waals surface area contributed by atoms with Gasteiger partial charge >= 0.3 is 0 Å². The summed E-state index contributed by atoms with van der Waals surface area (Å²) < 4.78 is 0. The third kappa shape index (κ3) is 3.93. The van der Waals surface area contributed by atoms with E-state index in [1.165, 1.54) is 16.7 Å². The molecular weight excluding hydrogens is 212 g/mol. The van der Waals surface area contributed by atoms with Crippen LogP contribution in [0, 0.1) is 32.6 Å². The van der Waals surface area contributed by atoms with Crippen molar-refractivity contribution in [3.63, 3.8) is 0 Å². The van der Waals surface area contributed by atoms with Crippen molar-refractivity contribution in [3.05, 3.63) is 34.4 Å². The molecule has 0 atom stereocenters. The SMILES string of the molecule is Cc1cc(C)c(C#CCNC(=O)CN)c(C)c1. The van der Waals surface area contributed by atoms with Gasteiger partial charge in [-0.05, 0) is 31.9 Å². The van der Waals surface area contributed by atoms with Crippen molar-refractivity contribution in [1.29, 1.82) is 0 Å². The van der Waals surface area contributed by atoms with E-state index in [0.29, 0.717) is 6.54 Å². The first-order chi connectivity index (χ1) is 8.04. The number of hydrogen-bond donors (Lipinski definition) is 2. The summed E-state index contributed by atoms with van der Waals surface area (Å²) in [7, 11) is 0. The highest BCUT2D eigenvalue weighted by molar-refractivity contribution is 5.77. The summed E-state index contributed by atoms with van der Waals surface area (Å²) in [4.78, 5) is 10.9.